The van der Waals surface area contributed by atoms with Crippen LogP contribution in [0.4, 0.5) is 0 Å². The fraction of sp³-hybridized carbons (Fsp3) is 0.333. The number of H-pyrrole nitrogens is 1. The molecule has 3 heterocycles. The van der Waals surface area contributed by atoms with Crippen LogP contribution in [0.15, 0.2) is 42.7 Å². The first-order chi connectivity index (χ1) is 12.4. The zero-order valence-corrected chi connectivity index (χ0v) is 15.1. The number of carbonyl (C=O) groups excluding carboxylic acids is 1. The molecule has 0 saturated carbocycles. The summed E-state index contributed by atoms with van der Waals surface area (Å²) >= 11 is 0. The van der Waals surface area contributed by atoms with Gasteiger partial charge >= 0.3 is 0 Å². The number of fused-ring (bicyclic) bond motifs is 2. The molecule has 0 radical (unpaired) electrons. The molecule has 134 valence electrons. The third-order valence-corrected chi connectivity index (χ3v) is 5.09. The topological polar surface area (TPSA) is 69.2 Å². The highest BCUT2D eigenvalue weighted by molar-refractivity contribution is 5.98. The Bertz CT molecular complexity index is 969. The van der Waals surface area contributed by atoms with Gasteiger partial charge in [0.05, 0.1) is 5.60 Å². The quantitative estimate of drug-likeness (QED) is 0.745. The normalized spacial score (nSPS) is 15.0. The van der Waals surface area contributed by atoms with Gasteiger partial charge in [-0.05, 0) is 61.6 Å². The van der Waals surface area contributed by atoms with Crippen molar-refractivity contribution in [3.05, 3.63) is 65.1 Å². The summed E-state index contributed by atoms with van der Waals surface area (Å²) in [5.41, 5.74) is 3.77. The number of aryl methyl sites for hydroxylation is 1. The molecule has 1 amide bonds. The lowest BCUT2D eigenvalue weighted by molar-refractivity contribution is 0.0740. The second-order valence-corrected chi connectivity index (χ2v) is 7.52. The molecule has 0 aliphatic carbocycles. The van der Waals surface area contributed by atoms with Gasteiger partial charge in [0.15, 0.2) is 0 Å². The van der Waals surface area contributed by atoms with Gasteiger partial charge in [-0.1, -0.05) is 12.1 Å². The second-order valence-electron chi connectivity index (χ2n) is 7.52. The summed E-state index contributed by atoms with van der Waals surface area (Å²) in [5, 5.41) is 11.2. The van der Waals surface area contributed by atoms with Crippen LogP contribution in [0.1, 0.15) is 47.4 Å². The molecular formula is C21H23N3O2. The van der Waals surface area contributed by atoms with Crippen molar-refractivity contribution in [2.45, 2.75) is 38.8 Å². The van der Waals surface area contributed by atoms with E-state index < -0.39 is 5.60 Å². The summed E-state index contributed by atoms with van der Waals surface area (Å²) in [4.78, 5) is 22.4. The molecule has 3 aromatic rings. The highest BCUT2D eigenvalue weighted by atomic mass is 16.3. The molecule has 5 nitrogen and oxygen atoms in total. The van der Waals surface area contributed by atoms with E-state index in [0.29, 0.717) is 12.2 Å². The van der Waals surface area contributed by atoms with Gasteiger partial charge in [0, 0.05) is 36.4 Å². The summed E-state index contributed by atoms with van der Waals surface area (Å²) in [6.07, 6.45) is 5.58. The number of hydrogen-bond donors (Lipinski definition) is 2. The molecule has 0 unspecified atom stereocenters. The number of aromatic nitrogens is 2. The lowest BCUT2D eigenvalue weighted by Crippen LogP contribution is -2.30. The molecule has 1 aliphatic rings. The summed E-state index contributed by atoms with van der Waals surface area (Å²) in [6.45, 7) is 4.86. The van der Waals surface area contributed by atoms with E-state index in [9.17, 15) is 9.90 Å². The molecule has 5 heteroatoms. The van der Waals surface area contributed by atoms with E-state index in [-0.39, 0.29) is 5.91 Å². The number of carbonyl (C=O) groups is 1. The number of aliphatic hydroxyl groups is 1. The number of benzene rings is 1. The van der Waals surface area contributed by atoms with Gasteiger partial charge in [-0.2, -0.15) is 0 Å². The van der Waals surface area contributed by atoms with Crippen LogP contribution >= 0.6 is 0 Å². The Morgan fingerprint density at radius 2 is 2.08 bits per heavy atom. The molecule has 4 rings (SSSR count). The second kappa shape index (κ2) is 6.25. The van der Waals surface area contributed by atoms with Crippen LogP contribution in [-0.4, -0.2) is 32.4 Å². The molecule has 2 N–H and O–H groups in total. The SMILES string of the molecule is CC(C)(O)c1ccc2cc(C(=O)N3CCCc4cnccc4C3)[nH]c2c1. The van der Waals surface area contributed by atoms with Crippen LogP contribution in [0.5, 0.6) is 0 Å². The van der Waals surface area contributed by atoms with Crippen molar-refractivity contribution in [1.82, 2.24) is 14.9 Å². The van der Waals surface area contributed by atoms with E-state index in [1.54, 1.807) is 20.0 Å². The molecule has 0 fully saturated rings. The molecule has 0 spiro atoms. The lowest BCUT2D eigenvalue weighted by Gasteiger charge is -2.20. The number of hydrogen-bond acceptors (Lipinski definition) is 3. The predicted octanol–water partition coefficient (Wildman–Crippen LogP) is 3.38. The summed E-state index contributed by atoms with van der Waals surface area (Å²) in [5.74, 6) is 0.00988. The van der Waals surface area contributed by atoms with Gasteiger partial charge < -0.3 is 15.0 Å². The first-order valence-electron chi connectivity index (χ1n) is 8.98. The zero-order valence-electron chi connectivity index (χ0n) is 15.1. The standard InChI is InChI=1S/C21H23N3O2/c1-21(2,26)17-6-5-14-10-19(23-18(14)11-17)20(25)24-9-3-4-15-12-22-8-7-16(15)13-24/h5-8,10-12,23,26H,3-4,9,13H2,1-2H3. The Hall–Kier alpha value is -2.66. The first-order valence-corrected chi connectivity index (χ1v) is 8.98. The Balaban J connectivity index is 1.64. The van der Waals surface area contributed by atoms with Crippen molar-refractivity contribution < 1.29 is 9.90 Å². The van der Waals surface area contributed by atoms with Gasteiger partial charge in [0.2, 0.25) is 0 Å². The Morgan fingerprint density at radius 3 is 2.88 bits per heavy atom. The van der Waals surface area contributed by atoms with Crippen LogP contribution < -0.4 is 0 Å². The van der Waals surface area contributed by atoms with Gasteiger partial charge in [-0.3, -0.25) is 9.78 Å². The number of aromatic amines is 1. The van der Waals surface area contributed by atoms with E-state index in [1.807, 2.05) is 41.4 Å². The summed E-state index contributed by atoms with van der Waals surface area (Å²) in [6, 6.07) is 9.65. The minimum absolute atomic E-state index is 0.00988. The van der Waals surface area contributed by atoms with E-state index >= 15 is 0 Å². The van der Waals surface area contributed by atoms with Gasteiger partial charge in [0.1, 0.15) is 5.69 Å². The molecular weight excluding hydrogens is 326 g/mol. The summed E-state index contributed by atoms with van der Waals surface area (Å²) < 4.78 is 0. The van der Waals surface area contributed by atoms with Crippen LogP contribution in [0.3, 0.4) is 0 Å². The van der Waals surface area contributed by atoms with E-state index in [4.69, 9.17) is 0 Å². The van der Waals surface area contributed by atoms with Crippen molar-refractivity contribution in [3.8, 4) is 0 Å². The van der Waals surface area contributed by atoms with Crippen molar-refractivity contribution in [2.24, 2.45) is 0 Å². The first kappa shape index (κ1) is 16.8. The third-order valence-electron chi connectivity index (χ3n) is 5.09. The molecule has 26 heavy (non-hydrogen) atoms. The summed E-state index contributed by atoms with van der Waals surface area (Å²) in [7, 11) is 0. The molecule has 1 aliphatic heterocycles. The van der Waals surface area contributed by atoms with Crippen LogP contribution in [0.25, 0.3) is 10.9 Å². The average molecular weight is 349 g/mol. The zero-order chi connectivity index (χ0) is 18.3. The maximum Gasteiger partial charge on any atom is 0.270 e. The van der Waals surface area contributed by atoms with E-state index in [1.165, 1.54) is 11.1 Å². The molecule has 0 saturated heterocycles. The highest BCUT2D eigenvalue weighted by Gasteiger charge is 2.22. The van der Waals surface area contributed by atoms with Crippen molar-refractivity contribution >= 4 is 16.8 Å². The van der Waals surface area contributed by atoms with Crippen LogP contribution in [0, 0.1) is 0 Å². The minimum Gasteiger partial charge on any atom is -0.386 e. The van der Waals surface area contributed by atoms with Crippen molar-refractivity contribution in [3.63, 3.8) is 0 Å². The van der Waals surface area contributed by atoms with Gasteiger partial charge in [0.25, 0.3) is 5.91 Å². The van der Waals surface area contributed by atoms with Crippen LogP contribution in [0.2, 0.25) is 0 Å². The monoisotopic (exact) mass is 349 g/mol. The van der Waals surface area contributed by atoms with Gasteiger partial charge in [-0.15, -0.1) is 0 Å². The highest BCUT2D eigenvalue weighted by Crippen LogP contribution is 2.26. The van der Waals surface area contributed by atoms with E-state index in [2.05, 4.69) is 9.97 Å². The lowest BCUT2D eigenvalue weighted by atomic mass is 9.98. The smallest absolute Gasteiger partial charge is 0.270 e. The number of nitrogens with zero attached hydrogens (tertiary/aromatic N) is 2. The maximum absolute atomic E-state index is 13.0. The Kier molecular flexibility index (Phi) is 4.04. The molecule has 0 atom stereocenters. The molecule has 1 aromatic carbocycles. The maximum atomic E-state index is 13.0. The number of nitrogens with one attached hydrogen (secondary N) is 1. The fourth-order valence-corrected chi connectivity index (χ4v) is 3.55. The van der Waals surface area contributed by atoms with Crippen molar-refractivity contribution in [1.29, 1.82) is 0 Å². The van der Waals surface area contributed by atoms with Crippen molar-refractivity contribution in [2.75, 3.05) is 6.54 Å². The van der Waals surface area contributed by atoms with Crippen LogP contribution in [-0.2, 0) is 18.6 Å². The molecule has 2 aromatic heterocycles. The van der Waals surface area contributed by atoms with Gasteiger partial charge in [-0.25, -0.2) is 0 Å². The average Bonchev–Trinajstić information content (AvgIpc) is 2.92. The number of amides is 1. The number of rotatable bonds is 2. The predicted molar refractivity (Wildman–Crippen MR) is 101 cm³/mol. The largest absolute Gasteiger partial charge is 0.386 e. The number of pyridine rings is 1. The third kappa shape index (κ3) is 3.10. The van der Waals surface area contributed by atoms with E-state index in [0.717, 1.165) is 35.9 Å². The Morgan fingerprint density at radius 1 is 1.23 bits per heavy atom. The fourth-order valence-electron chi connectivity index (χ4n) is 3.55. The minimum atomic E-state index is -0.911. The Labute approximate surface area is 152 Å². The molecule has 0 bridgehead atoms.